The van der Waals surface area contributed by atoms with Gasteiger partial charge in [-0.15, -0.1) is 0 Å². The van der Waals surface area contributed by atoms with Gasteiger partial charge in [-0.25, -0.2) is 0 Å². The van der Waals surface area contributed by atoms with Crippen LogP contribution in [0.1, 0.15) is 45.0 Å². The molecule has 4 heteroatoms. The average molecular weight is 279 g/mol. The SMILES string of the molecule is CCc1cc(CC2(CNC(C)C)CCOCC2)n(C)n1. The van der Waals surface area contributed by atoms with Crippen molar-refractivity contribution in [3.05, 3.63) is 17.5 Å². The van der Waals surface area contributed by atoms with Crippen molar-refractivity contribution < 1.29 is 4.74 Å². The highest BCUT2D eigenvalue weighted by atomic mass is 16.5. The van der Waals surface area contributed by atoms with Gasteiger partial charge in [-0.05, 0) is 37.2 Å². The number of hydrogen-bond donors (Lipinski definition) is 1. The number of hydrogen-bond acceptors (Lipinski definition) is 3. The molecule has 20 heavy (non-hydrogen) atoms. The Morgan fingerprint density at radius 1 is 1.40 bits per heavy atom. The third-order valence-electron chi connectivity index (χ3n) is 4.38. The highest BCUT2D eigenvalue weighted by Gasteiger charge is 2.33. The maximum Gasteiger partial charge on any atom is 0.0624 e. The zero-order chi connectivity index (χ0) is 14.6. The fourth-order valence-electron chi connectivity index (χ4n) is 2.94. The third kappa shape index (κ3) is 3.83. The molecular formula is C16H29N3O. The van der Waals surface area contributed by atoms with Gasteiger partial charge >= 0.3 is 0 Å². The Labute approximate surface area is 122 Å². The van der Waals surface area contributed by atoms with Gasteiger partial charge in [-0.3, -0.25) is 4.68 Å². The molecular weight excluding hydrogens is 250 g/mol. The first-order valence-corrected chi connectivity index (χ1v) is 7.87. The van der Waals surface area contributed by atoms with Crippen LogP contribution in [0, 0.1) is 5.41 Å². The molecule has 1 N–H and O–H groups in total. The molecule has 0 saturated carbocycles. The Morgan fingerprint density at radius 2 is 2.10 bits per heavy atom. The summed E-state index contributed by atoms with van der Waals surface area (Å²) < 4.78 is 7.64. The van der Waals surface area contributed by atoms with Crippen molar-refractivity contribution in [1.29, 1.82) is 0 Å². The normalized spacial score (nSPS) is 18.6. The number of aryl methyl sites for hydroxylation is 2. The number of rotatable bonds is 6. The second kappa shape index (κ2) is 6.72. The lowest BCUT2D eigenvalue weighted by atomic mass is 9.76. The van der Waals surface area contributed by atoms with Gasteiger partial charge in [0.25, 0.3) is 0 Å². The van der Waals surface area contributed by atoms with Gasteiger partial charge in [-0.1, -0.05) is 20.8 Å². The molecule has 1 aromatic rings. The summed E-state index contributed by atoms with van der Waals surface area (Å²) in [6.07, 6.45) is 4.38. The van der Waals surface area contributed by atoms with Crippen LogP contribution < -0.4 is 5.32 Å². The molecule has 1 saturated heterocycles. The van der Waals surface area contributed by atoms with E-state index in [0.717, 1.165) is 45.4 Å². The molecule has 0 radical (unpaired) electrons. The Kier molecular flexibility index (Phi) is 5.22. The molecule has 0 amide bonds. The zero-order valence-electron chi connectivity index (χ0n) is 13.4. The molecule has 0 unspecified atom stereocenters. The summed E-state index contributed by atoms with van der Waals surface area (Å²) in [7, 11) is 2.07. The van der Waals surface area contributed by atoms with E-state index in [2.05, 4.69) is 49.0 Å². The van der Waals surface area contributed by atoms with Crippen molar-refractivity contribution in [3.63, 3.8) is 0 Å². The van der Waals surface area contributed by atoms with Gasteiger partial charge in [0, 0.05) is 38.5 Å². The van der Waals surface area contributed by atoms with E-state index in [1.54, 1.807) is 0 Å². The first kappa shape index (κ1) is 15.5. The topological polar surface area (TPSA) is 39.1 Å². The predicted octanol–water partition coefficient (Wildman–Crippen LogP) is 2.32. The maximum absolute atomic E-state index is 5.58. The lowest BCUT2D eigenvalue weighted by molar-refractivity contribution is 0.0132. The fourth-order valence-corrected chi connectivity index (χ4v) is 2.94. The molecule has 2 heterocycles. The van der Waals surface area contributed by atoms with Crippen LogP contribution in [0.15, 0.2) is 6.07 Å². The molecule has 0 spiro atoms. The first-order valence-electron chi connectivity index (χ1n) is 7.87. The van der Waals surface area contributed by atoms with Crippen LogP contribution in [0.25, 0.3) is 0 Å². The van der Waals surface area contributed by atoms with E-state index in [0.29, 0.717) is 11.5 Å². The Hall–Kier alpha value is -0.870. The van der Waals surface area contributed by atoms with Gasteiger partial charge in [-0.2, -0.15) is 5.10 Å². The smallest absolute Gasteiger partial charge is 0.0624 e. The van der Waals surface area contributed by atoms with E-state index in [1.807, 2.05) is 0 Å². The van der Waals surface area contributed by atoms with Crippen LogP contribution in [0.4, 0.5) is 0 Å². The molecule has 1 aromatic heterocycles. The molecule has 1 fully saturated rings. The van der Waals surface area contributed by atoms with Crippen molar-refractivity contribution >= 4 is 0 Å². The van der Waals surface area contributed by atoms with Crippen molar-refractivity contribution in [3.8, 4) is 0 Å². The summed E-state index contributed by atoms with van der Waals surface area (Å²) in [5.41, 5.74) is 2.87. The van der Waals surface area contributed by atoms with Crippen LogP contribution in [-0.4, -0.2) is 35.6 Å². The fraction of sp³-hybridized carbons (Fsp3) is 0.812. The van der Waals surface area contributed by atoms with Gasteiger partial charge < -0.3 is 10.1 Å². The largest absolute Gasteiger partial charge is 0.381 e. The van der Waals surface area contributed by atoms with Gasteiger partial charge in [0.05, 0.1) is 5.69 Å². The number of ether oxygens (including phenoxy) is 1. The average Bonchev–Trinajstić information content (AvgIpc) is 2.78. The Bertz CT molecular complexity index is 419. The Balaban J connectivity index is 2.11. The van der Waals surface area contributed by atoms with E-state index in [-0.39, 0.29) is 0 Å². The summed E-state index contributed by atoms with van der Waals surface area (Å²) >= 11 is 0. The molecule has 0 aliphatic carbocycles. The van der Waals surface area contributed by atoms with Crippen LogP contribution in [0.5, 0.6) is 0 Å². The number of aromatic nitrogens is 2. The third-order valence-corrected chi connectivity index (χ3v) is 4.38. The zero-order valence-corrected chi connectivity index (χ0v) is 13.4. The molecule has 0 atom stereocenters. The van der Waals surface area contributed by atoms with Crippen molar-refractivity contribution in [2.45, 2.75) is 52.5 Å². The summed E-state index contributed by atoms with van der Waals surface area (Å²) in [4.78, 5) is 0. The summed E-state index contributed by atoms with van der Waals surface area (Å²) in [5, 5.41) is 8.22. The van der Waals surface area contributed by atoms with Crippen LogP contribution in [-0.2, 0) is 24.6 Å². The van der Waals surface area contributed by atoms with Gasteiger partial charge in [0.2, 0.25) is 0 Å². The van der Waals surface area contributed by atoms with Gasteiger partial charge in [0.15, 0.2) is 0 Å². The molecule has 2 rings (SSSR count). The minimum absolute atomic E-state index is 0.321. The second-order valence-corrected chi connectivity index (χ2v) is 6.43. The quantitative estimate of drug-likeness (QED) is 0.868. The summed E-state index contributed by atoms with van der Waals surface area (Å²) in [6.45, 7) is 9.44. The standard InChI is InChI=1S/C16H29N3O/c1-5-14-10-15(19(4)18-14)11-16(12-17-13(2)3)6-8-20-9-7-16/h10,13,17H,5-9,11-12H2,1-4H3. The highest BCUT2D eigenvalue weighted by Crippen LogP contribution is 2.34. The molecule has 1 aliphatic rings. The van der Waals surface area contributed by atoms with Crippen molar-refractivity contribution in [2.24, 2.45) is 12.5 Å². The summed E-state index contributed by atoms with van der Waals surface area (Å²) in [5.74, 6) is 0. The van der Waals surface area contributed by atoms with Crippen LogP contribution >= 0.6 is 0 Å². The molecule has 0 aromatic carbocycles. The predicted molar refractivity (Wildman–Crippen MR) is 81.9 cm³/mol. The molecule has 1 aliphatic heterocycles. The highest BCUT2D eigenvalue weighted by molar-refractivity contribution is 5.13. The lowest BCUT2D eigenvalue weighted by Crippen LogP contribution is -2.43. The Morgan fingerprint density at radius 3 is 2.65 bits per heavy atom. The van der Waals surface area contributed by atoms with E-state index in [9.17, 15) is 0 Å². The monoisotopic (exact) mass is 279 g/mol. The molecule has 0 bridgehead atoms. The van der Waals surface area contributed by atoms with Crippen molar-refractivity contribution in [2.75, 3.05) is 19.8 Å². The van der Waals surface area contributed by atoms with Crippen LogP contribution in [0.2, 0.25) is 0 Å². The van der Waals surface area contributed by atoms with Crippen molar-refractivity contribution in [1.82, 2.24) is 15.1 Å². The maximum atomic E-state index is 5.58. The number of nitrogens with one attached hydrogen (secondary N) is 1. The molecule has 114 valence electrons. The van der Waals surface area contributed by atoms with E-state index in [1.165, 1.54) is 11.4 Å². The van der Waals surface area contributed by atoms with Gasteiger partial charge in [0.1, 0.15) is 0 Å². The lowest BCUT2D eigenvalue weighted by Gasteiger charge is -2.38. The summed E-state index contributed by atoms with van der Waals surface area (Å²) in [6, 6.07) is 2.81. The second-order valence-electron chi connectivity index (χ2n) is 6.43. The van der Waals surface area contributed by atoms with E-state index < -0.39 is 0 Å². The van der Waals surface area contributed by atoms with E-state index >= 15 is 0 Å². The molecule has 4 nitrogen and oxygen atoms in total. The number of nitrogens with zero attached hydrogens (tertiary/aromatic N) is 2. The minimum atomic E-state index is 0.321. The minimum Gasteiger partial charge on any atom is -0.381 e. The first-order chi connectivity index (χ1) is 9.54. The van der Waals surface area contributed by atoms with Crippen LogP contribution in [0.3, 0.4) is 0 Å². The van der Waals surface area contributed by atoms with E-state index in [4.69, 9.17) is 4.74 Å².